The molecule has 0 unspecified atom stereocenters. The van der Waals surface area contributed by atoms with Crippen LogP contribution in [0.2, 0.25) is 0 Å². The fourth-order valence-corrected chi connectivity index (χ4v) is 4.28. The second-order valence-electron chi connectivity index (χ2n) is 10.0. The van der Waals surface area contributed by atoms with Gasteiger partial charge in [-0.3, -0.25) is 19.9 Å². The molecule has 1 amide bonds. The van der Waals surface area contributed by atoms with E-state index in [4.69, 9.17) is 11.5 Å². The van der Waals surface area contributed by atoms with Gasteiger partial charge < -0.3 is 21.7 Å². The number of piperazine rings is 1. The van der Waals surface area contributed by atoms with Gasteiger partial charge in [-0.2, -0.15) is 10.2 Å². The fraction of sp³-hybridized carbons (Fsp3) is 0.400. The number of nitrogens with one attached hydrogen (secondary N) is 1. The summed E-state index contributed by atoms with van der Waals surface area (Å²) in [5.74, 6) is -0.806. The summed E-state index contributed by atoms with van der Waals surface area (Å²) in [6.07, 6.45) is 12.3. The lowest BCUT2D eigenvalue weighted by Gasteiger charge is -2.37. The van der Waals surface area contributed by atoms with Gasteiger partial charge in [0.15, 0.2) is 0 Å². The number of allylic oxidation sites excluding steroid dienone is 6. The Hall–Kier alpha value is -3.77. The summed E-state index contributed by atoms with van der Waals surface area (Å²) in [7, 11) is 2.02. The molecule has 0 aromatic heterocycles. The van der Waals surface area contributed by atoms with Crippen molar-refractivity contribution in [2.75, 3.05) is 56.8 Å². The zero-order valence-electron chi connectivity index (χ0n) is 24.5. The summed E-state index contributed by atoms with van der Waals surface area (Å²) < 4.78 is 15.1. The van der Waals surface area contributed by atoms with Gasteiger partial charge in [-0.1, -0.05) is 25.5 Å². The first kappa shape index (κ1) is 31.8. The minimum absolute atomic E-state index is 0.200. The van der Waals surface area contributed by atoms with E-state index in [0.29, 0.717) is 48.7 Å². The van der Waals surface area contributed by atoms with E-state index in [1.807, 2.05) is 25.3 Å². The highest BCUT2D eigenvalue weighted by Gasteiger charge is 2.23. The molecule has 41 heavy (non-hydrogen) atoms. The van der Waals surface area contributed by atoms with Crippen LogP contribution >= 0.6 is 0 Å². The quantitative estimate of drug-likeness (QED) is 0.181. The topological polar surface area (TPSA) is 127 Å². The third-order valence-electron chi connectivity index (χ3n) is 6.98. The van der Waals surface area contributed by atoms with E-state index in [-0.39, 0.29) is 11.6 Å². The molecule has 0 bridgehead atoms. The van der Waals surface area contributed by atoms with E-state index in [1.165, 1.54) is 12.3 Å². The van der Waals surface area contributed by atoms with Gasteiger partial charge in [0.2, 0.25) is 0 Å². The molecular weight excluding hydrogens is 523 g/mol. The van der Waals surface area contributed by atoms with Crippen LogP contribution in [0.5, 0.6) is 0 Å². The van der Waals surface area contributed by atoms with Crippen LogP contribution in [0.1, 0.15) is 33.6 Å². The standard InChI is InChI=1S/C30H43FN8O2/c1-5-6-7-26-9-8-24(25(19-33)20-34-13-12-32)21-38(26)30(40)22(2)23(3)35-29-11-10-27(18-28(29)31)39(41)37-16-14-36(4)15-17-37/h7-11,18-21,35,41H,5-6,12-17,32-33H2,1-4H3/b23-22+,25-19+,26-7+,34-20?. The SMILES string of the molecule is CCC/C=C1\C=CC(/C(C=NCCN)=C/N)=CN1C(=O)/C(C)=C(\C)Nc1ccc(N(O)N2CCN(C)CC2)cc1F. The summed E-state index contributed by atoms with van der Waals surface area (Å²) in [5, 5.41) is 16.4. The van der Waals surface area contributed by atoms with Crippen LogP contribution in [0.4, 0.5) is 15.8 Å². The Morgan fingerprint density at radius 1 is 1.22 bits per heavy atom. The number of hydrogen-bond donors (Lipinski definition) is 4. The first-order chi connectivity index (χ1) is 19.7. The van der Waals surface area contributed by atoms with Gasteiger partial charge in [-0.05, 0) is 45.5 Å². The Balaban J connectivity index is 1.82. The minimum Gasteiger partial charge on any atom is -0.404 e. The number of halogens is 1. The Bertz CT molecular complexity index is 1260. The highest BCUT2D eigenvalue weighted by atomic mass is 19.1. The van der Waals surface area contributed by atoms with Crippen molar-refractivity contribution in [3.8, 4) is 0 Å². The Labute approximate surface area is 242 Å². The molecular formula is C30H43FN8O2. The number of rotatable bonds is 11. The maximum Gasteiger partial charge on any atom is 0.259 e. The van der Waals surface area contributed by atoms with Crippen LogP contribution in [0.25, 0.3) is 0 Å². The first-order valence-corrected chi connectivity index (χ1v) is 13.9. The molecule has 3 rings (SSSR count). The van der Waals surface area contributed by atoms with Crippen molar-refractivity contribution >= 4 is 23.5 Å². The molecule has 2 heterocycles. The molecule has 0 atom stereocenters. The summed E-state index contributed by atoms with van der Waals surface area (Å²) in [4.78, 5) is 21.7. The number of benzene rings is 1. The van der Waals surface area contributed by atoms with Gasteiger partial charge in [0.25, 0.3) is 5.91 Å². The van der Waals surface area contributed by atoms with Crippen molar-refractivity contribution in [2.45, 2.75) is 33.6 Å². The second-order valence-corrected chi connectivity index (χ2v) is 10.0. The average molecular weight is 567 g/mol. The number of hydrazine groups is 1. The lowest BCUT2D eigenvalue weighted by molar-refractivity contribution is -0.123. The highest BCUT2D eigenvalue weighted by molar-refractivity contribution is 5.97. The number of amides is 1. The minimum atomic E-state index is -0.545. The molecule has 0 saturated carbocycles. The molecule has 0 spiro atoms. The molecule has 1 aromatic rings. The molecule has 1 saturated heterocycles. The molecule has 10 nitrogen and oxygen atoms in total. The highest BCUT2D eigenvalue weighted by Crippen LogP contribution is 2.27. The molecule has 2 aliphatic rings. The molecule has 11 heteroatoms. The van der Waals surface area contributed by atoms with E-state index in [1.54, 1.807) is 48.3 Å². The number of carbonyl (C=O) groups is 1. The van der Waals surface area contributed by atoms with Crippen molar-refractivity contribution in [3.05, 3.63) is 82.8 Å². The zero-order chi connectivity index (χ0) is 29.9. The van der Waals surface area contributed by atoms with E-state index < -0.39 is 5.82 Å². The lowest BCUT2D eigenvalue weighted by Crippen LogP contribution is -2.51. The fourth-order valence-electron chi connectivity index (χ4n) is 4.28. The smallest absolute Gasteiger partial charge is 0.259 e. The number of aliphatic imine (C=N–C) groups is 1. The number of hydrogen-bond acceptors (Lipinski definition) is 9. The van der Waals surface area contributed by atoms with Crippen molar-refractivity contribution in [1.29, 1.82) is 0 Å². The number of nitrogens with zero attached hydrogens (tertiary/aromatic N) is 5. The molecule has 0 aliphatic carbocycles. The van der Waals surface area contributed by atoms with Crippen molar-refractivity contribution in [1.82, 2.24) is 14.8 Å². The van der Waals surface area contributed by atoms with Gasteiger partial charge in [0.05, 0.1) is 17.9 Å². The number of likely N-dealkylation sites (N-methyl/N-ethyl adjacent to an activating group) is 1. The van der Waals surface area contributed by atoms with Crippen molar-refractivity contribution in [2.24, 2.45) is 16.5 Å². The second kappa shape index (κ2) is 15.3. The average Bonchev–Trinajstić information content (AvgIpc) is 2.98. The molecule has 1 aromatic carbocycles. The lowest BCUT2D eigenvalue weighted by atomic mass is 10.0. The third kappa shape index (κ3) is 8.37. The third-order valence-corrected chi connectivity index (χ3v) is 6.98. The number of carbonyl (C=O) groups excluding carboxylic acids is 1. The van der Waals surface area contributed by atoms with Crippen LogP contribution in [0.3, 0.4) is 0 Å². The van der Waals surface area contributed by atoms with E-state index in [0.717, 1.165) is 42.4 Å². The van der Waals surface area contributed by atoms with Crippen molar-refractivity contribution < 1.29 is 14.4 Å². The van der Waals surface area contributed by atoms with Crippen LogP contribution < -0.4 is 22.0 Å². The summed E-state index contributed by atoms with van der Waals surface area (Å²) in [6.45, 7) is 9.28. The van der Waals surface area contributed by atoms with Gasteiger partial charge in [0.1, 0.15) is 5.82 Å². The number of nitrogens with two attached hydrogens (primary N) is 2. The summed E-state index contributed by atoms with van der Waals surface area (Å²) >= 11 is 0. The van der Waals surface area contributed by atoms with E-state index in [9.17, 15) is 10.0 Å². The summed E-state index contributed by atoms with van der Waals surface area (Å²) in [6, 6.07) is 4.46. The summed E-state index contributed by atoms with van der Waals surface area (Å²) in [5.41, 5.74) is 15.0. The van der Waals surface area contributed by atoms with Crippen LogP contribution in [0, 0.1) is 5.82 Å². The van der Waals surface area contributed by atoms with E-state index >= 15 is 4.39 Å². The molecule has 1 fully saturated rings. The van der Waals surface area contributed by atoms with Crippen molar-refractivity contribution in [3.63, 3.8) is 0 Å². The molecule has 2 aliphatic heterocycles. The Morgan fingerprint density at radius 2 is 1.95 bits per heavy atom. The van der Waals surface area contributed by atoms with Gasteiger partial charge in [-0.15, -0.1) is 0 Å². The molecule has 222 valence electrons. The number of unbranched alkanes of at least 4 members (excludes halogenated alkanes) is 1. The molecule has 0 radical (unpaired) electrons. The largest absolute Gasteiger partial charge is 0.404 e. The van der Waals surface area contributed by atoms with Gasteiger partial charge in [-0.25, -0.2) is 4.39 Å². The molecule has 6 N–H and O–H groups in total. The van der Waals surface area contributed by atoms with Gasteiger partial charge in [0, 0.05) is 85.5 Å². The van der Waals surface area contributed by atoms with Crippen LogP contribution in [-0.4, -0.2) is 78.5 Å². The number of anilines is 2. The van der Waals surface area contributed by atoms with Gasteiger partial charge >= 0.3 is 0 Å². The maximum absolute atomic E-state index is 15.1. The van der Waals surface area contributed by atoms with Crippen LogP contribution in [0.15, 0.2) is 81.9 Å². The van der Waals surface area contributed by atoms with E-state index in [2.05, 4.69) is 22.1 Å². The first-order valence-electron chi connectivity index (χ1n) is 13.9. The zero-order valence-corrected chi connectivity index (χ0v) is 24.5. The predicted molar refractivity (Wildman–Crippen MR) is 163 cm³/mol. The Morgan fingerprint density at radius 3 is 2.59 bits per heavy atom. The monoisotopic (exact) mass is 566 g/mol. The maximum atomic E-state index is 15.1. The Kier molecular flexibility index (Phi) is 11.8. The normalized spacial score (nSPS) is 18.6. The predicted octanol–water partition coefficient (Wildman–Crippen LogP) is 3.73. The van der Waals surface area contributed by atoms with Crippen LogP contribution in [-0.2, 0) is 4.79 Å².